The van der Waals surface area contributed by atoms with Crippen LogP contribution in [-0.2, 0) is 17.9 Å². The smallest absolute Gasteiger partial charge is 0.348 e. The Morgan fingerprint density at radius 1 is 1.19 bits per heavy atom. The Morgan fingerprint density at radius 3 is 2.74 bits per heavy atom. The Hall–Kier alpha value is -3.46. The van der Waals surface area contributed by atoms with Crippen LogP contribution >= 0.6 is 11.3 Å². The zero-order valence-electron chi connectivity index (χ0n) is 14.0. The average molecular weight is 382 g/mol. The Labute approximate surface area is 156 Å². The van der Waals surface area contributed by atoms with Gasteiger partial charge in [-0.25, -0.2) is 9.59 Å². The van der Waals surface area contributed by atoms with Gasteiger partial charge in [-0.3, -0.25) is 19.4 Å². The third-order valence-electron chi connectivity index (χ3n) is 3.98. The minimum absolute atomic E-state index is 0.0435. The lowest BCUT2D eigenvalue weighted by Gasteiger charge is -2.04. The number of carbonyl (C=O) groups is 1. The van der Waals surface area contributed by atoms with Crippen molar-refractivity contribution in [1.82, 2.24) is 19.7 Å². The van der Waals surface area contributed by atoms with E-state index >= 15 is 0 Å². The van der Waals surface area contributed by atoms with E-state index in [0.717, 1.165) is 21.5 Å². The van der Waals surface area contributed by atoms with Crippen LogP contribution in [0.2, 0.25) is 0 Å². The molecule has 4 rings (SSSR count). The lowest BCUT2D eigenvalue weighted by Crippen LogP contribution is -2.34. The molecule has 1 aromatic carbocycles. The van der Waals surface area contributed by atoms with Crippen molar-refractivity contribution in [2.24, 2.45) is 0 Å². The number of hydrogen-bond donors (Lipinski definition) is 2. The normalized spacial score (nSPS) is 11.0. The number of thiophene rings is 1. The molecule has 0 bridgehead atoms. The molecule has 0 unspecified atom stereocenters. The zero-order valence-corrected chi connectivity index (χ0v) is 14.8. The minimum atomic E-state index is -0.569. The topological polar surface area (TPSA) is 110 Å². The number of nitrogens with one attached hydrogen (secondary N) is 2. The monoisotopic (exact) mass is 382 g/mol. The zero-order chi connectivity index (χ0) is 18.8. The highest BCUT2D eigenvalue weighted by atomic mass is 32.1. The molecule has 0 aliphatic rings. The van der Waals surface area contributed by atoms with E-state index in [4.69, 9.17) is 4.74 Å². The van der Waals surface area contributed by atoms with E-state index in [-0.39, 0.29) is 23.4 Å². The number of ether oxygens (including phenoxy) is 1. The number of nitrogens with zero attached hydrogens (tertiary/aromatic N) is 2. The summed E-state index contributed by atoms with van der Waals surface area (Å²) in [7, 11) is 0. The van der Waals surface area contributed by atoms with Gasteiger partial charge in [-0.2, -0.15) is 5.10 Å². The highest BCUT2D eigenvalue weighted by Crippen LogP contribution is 2.21. The number of esters is 1. The first-order valence-electron chi connectivity index (χ1n) is 8.08. The van der Waals surface area contributed by atoms with Crippen molar-refractivity contribution in [3.63, 3.8) is 0 Å². The van der Waals surface area contributed by atoms with Crippen molar-refractivity contribution in [3.8, 4) is 0 Å². The summed E-state index contributed by atoms with van der Waals surface area (Å²) in [6.07, 6.45) is 1.56. The highest BCUT2D eigenvalue weighted by Gasteiger charge is 2.17. The van der Waals surface area contributed by atoms with E-state index in [1.165, 1.54) is 6.07 Å². The van der Waals surface area contributed by atoms with Gasteiger partial charge in [-0.1, -0.05) is 30.3 Å². The van der Waals surface area contributed by atoms with Crippen molar-refractivity contribution in [2.45, 2.75) is 13.2 Å². The molecular formula is C18H14N4O4S. The van der Waals surface area contributed by atoms with Crippen LogP contribution in [0.3, 0.4) is 0 Å². The highest BCUT2D eigenvalue weighted by molar-refractivity contribution is 7.20. The van der Waals surface area contributed by atoms with Crippen LogP contribution in [-0.4, -0.2) is 25.7 Å². The molecule has 9 heteroatoms. The molecule has 136 valence electrons. The Bertz CT molecular complexity index is 1210. The number of aromatic nitrogens is 4. The number of aromatic amines is 2. The molecule has 0 saturated carbocycles. The lowest BCUT2D eigenvalue weighted by molar-refractivity contribution is 0.0473. The second kappa shape index (κ2) is 7.04. The summed E-state index contributed by atoms with van der Waals surface area (Å²) in [5.74, 6) is -0.569. The fourth-order valence-corrected chi connectivity index (χ4v) is 3.57. The summed E-state index contributed by atoms with van der Waals surface area (Å²) >= 11 is 1.02. The van der Waals surface area contributed by atoms with Crippen molar-refractivity contribution in [1.29, 1.82) is 0 Å². The Morgan fingerprint density at radius 2 is 2.00 bits per heavy atom. The third-order valence-corrected chi connectivity index (χ3v) is 5.01. The van der Waals surface area contributed by atoms with Crippen LogP contribution in [0, 0.1) is 0 Å². The first kappa shape index (κ1) is 17.0. The summed E-state index contributed by atoms with van der Waals surface area (Å²) < 4.78 is 6.31. The summed E-state index contributed by atoms with van der Waals surface area (Å²) in [6, 6.07) is 12.4. The van der Waals surface area contributed by atoms with Gasteiger partial charge >= 0.3 is 11.7 Å². The van der Waals surface area contributed by atoms with E-state index < -0.39 is 17.2 Å². The van der Waals surface area contributed by atoms with Gasteiger partial charge in [0.2, 0.25) is 0 Å². The summed E-state index contributed by atoms with van der Waals surface area (Å²) in [6.45, 7) is 0.197. The maximum atomic E-state index is 12.7. The third kappa shape index (κ3) is 3.44. The molecule has 0 aliphatic carbocycles. The molecule has 2 N–H and O–H groups in total. The van der Waals surface area contributed by atoms with Crippen LogP contribution in [0.25, 0.3) is 10.2 Å². The fourth-order valence-electron chi connectivity index (χ4n) is 2.63. The van der Waals surface area contributed by atoms with Crippen LogP contribution in [0.1, 0.15) is 20.9 Å². The van der Waals surface area contributed by atoms with Crippen LogP contribution in [0.5, 0.6) is 0 Å². The van der Waals surface area contributed by atoms with Crippen LogP contribution < -0.4 is 11.2 Å². The standard InChI is InChI=1S/C18H14N4O4S/c23-16-13-8-14(17(24)26-10-12-6-7-19-21-12)27-15(13)20-18(25)22(16)9-11-4-2-1-3-5-11/h1-8H,9-10H2,(H,19,21)(H,20,25). The predicted molar refractivity (Wildman–Crippen MR) is 100.0 cm³/mol. The molecule has 4 aromatic rings. The van der Waals surface area contributed by atoms with E-state index in [0.29, 0.717) is 10.5 Å². The van der Waals surface area contributed by atoms with Gasteiger partial charge in [0.05, 0.1) is 17.6 Å². The van der Waals surface area contributed by atoms with E-state index in [1.807, 2.05) is 30.3 Å². The number of H-pyrrole nitrogens is 2. The SMILES string of the molecule is O=C(OCc1ccn[nH]1)c1cc2c(=O)n(Cc3ccccc3)c(=O)[nH]c2s1. The molecule has 0 aliphatic heterocycles. The predicted octanol–water partition coefficient (Wildman–Crippen LogP) is 1.88. The van der Waals surface area contributed by atoms with Gasteiger partial charge in [0, 0.05) is 6.20 Å². The average Bonchev–Trinajstić information content (AvgIpc) is 3.34. The van der Waals surface area contributed by atoms with Gasteiger partial charge in [-0.05, 0) is 17.7 Å². The van der Waals surface area contributed by atoms with Gasteiger partial charge in [0.15, 0.2) is 0 Å². The van der Waals surface area contributed by atoms with Gasteiger partial charge < -0.3 is 4.74 Å². The molecule has 0 atom stereocenters. The van der Waals surface area contributed by atoms with Crippen molar-refractivity contribution in [2.75, 3.05) is 0 Å². The maximum Gasteiger partial charge on any atom is 0.348 e. The Kier molecular flexibility index (Phi) is 4.43. The van der Waals surface area contributed by atoms with Gasteiger partial charge in [0.25, 0.3) is 5.56 Å². The second-order valence-electron chi connectivity index (χ2n) is 5.82. The number of hydrogen-bond acceptors (Lipinski definition) is 6. The maximum absolute atomic E-state index is 12.7. The molecule has 0 fully saturated rings. The first-order chi connectivity index (χ1) is 13.1. The van der Waals surface area contributed by atoms with E-state index in [2.05, 4.69) is 15.2 Å². The van der Waals surface area contributed by atoms with E-state index in [9.17, 15) is 14.4 Å². The number of benzene rings is 1. The molecule has 0 spiro atoms. The summed E-state index contributed by atoms with van der Waals surface area (Å²) in [5, 5.41) is 6.75. The molecular weight excluding hydrogens is 368 g/mol. The molecule has 0 saturated heterocycles. The van der Waals surface area contributed by atoms with Gasteiger partial charge in [-0.15, -0.1) is 11.3 Å². The fraction of sp³-hybridized carbons (Fsp3) is 0.111. The lowest BCUT2D eigenvalue weighted by atomic mass is 10.2. The van der Waals surface area contributed by atoms with Crippen molar-refractivity contribution < 1.29 is 9.53 Å². The number of fused-ring (bicyclic) bond motifs is 1. The first-order valence-corrected chi connectivity index (χ1v) is 8.89. The molecule has 3 aromatic heterocycles. The summed E-state index contributed by atoms with van der Waals surface area (Å²) in [4.78, 5) is 40.5. The largest absolute Gasteiger partial charge is 0.455 e. The summed E-state index contributed by atoms with van der Waals surface area (Å²) in [5.41, 5.74) is 0.527. The molecule has 0 radical (unpaired) electrons. The number of carbonyl (C=O) groups excluding carboxylic acids is 1. The Balaban J connectivity index is 1.64. The van der Waals surface area contributed by atoms with Crippen LogP contribution in [0.15, 0.2) is 58.3 Å². The molecule has 0 amide bonds. The number of rotatable bonds is 5. The van der Waals surface area contributed by atoms with Crippen molar-refractivity contribution in [3.05, 3.63) is 85.6 Å². The minimum Gasteiger partial charge on any atom is -0.455 e. The molecule has 27 heavy (non-hydrogen) atoms. The van der Waals surface area contributed by atoms with Crippen molar-refractivity contribution >= 4 is 27.5 Å². The van der Waals surface area contributed by atoms with E-state index in [1.54, 1.807) is 12.3 Å². The second-order valence-corrected chi connectivity index (χ2v) is 6.87. The van der Waals surface area contributed by atoms with Crippen LogP contribution in [0.4, 0.5) is 0 Å². The van der Waals surface area contributed by atoms with Gasteiger partial charge in [0.1, 0.15) is 16.3 Å². The quantitative estimate of drug-likeness (QED) is 0.512. The molecule has 8 nitrogen and oxygen atoms in total. The molecule has 3 heterocycles.